The van der Waals surface area contributed by atoms with Crippen LogP contribution in [-0.2, 0) is 0 Å². The Bertz CT molecular complexity index is 700. The van der Waals surface area contributed by atoms with Crippen molar-refractivity contribution < 1.29 is 4.39 Å². The van der Waals surface area contributed by atoms with E-state index in [9.17, 15) is 9.65 Å². The number of benzene rings is 1. The van der Waals surface area contributed by atoms with E-state index in [2.05, 4.69) is 16.4 Å². The second kappa shape index (κ2) is 5.66. The predicted molar refractivity (Wildman–Crippen MR) is 78.1 cm³/mol. The Morgan fingerprint density at radius 1 is 1.20 bits per heavy atom. The second-order valence-electron chi connectivity index (χ2n) is 4.29. The van der Waals surface area contributed by atoms with Crippen LogP contribution in [0.2, 0.25) is 10.0 Å². The average molecular weight is 310 g/mol. The van der Waals surface area contributed by atoms with E-state index in [-0.39, 0.29) is 10.0 Å². The molecule has 1 aromatic carbocycles. The van der Waals surface area contributed by atoms with E-state index < -0.39 is 5.82 Å². The number of aromatic nitrogens is 1. The molecule has 0 aliphatic rings. The van der Waals surface area contributed by atoms with E-state index in [0.717, 1.165) is 11.3 Å². The maximum atomic E-state index is 13.4. The third-order valence-electron chi connectivity index (χ3n) is 2.70. The molecule has 0 aliphatic heterocycles. The molecule has 0 atom stereocenters. The summed E-state index contributed by atoms with van der Waals surface area (Å²) >= 11 is 11.5. The topological polar surface area (TPSA) is 48.7 Å². The summed E-state index contributed by atoms with van der Waals surface area (Å²) in [5.41, 5.74) is 2.47. The van der Waals surface area contributed by atoms with Crippen molar-refractivity contribution in [3.8, 4) is 6.07 Å². The SMILES string of the molecule is Cc1cc(C)c(C#N)c(Nc2cc(Cl)c(F)c(Cl)c2)n1. The zero-order valence-electron chi connectivity index (χ0n) is 10.8. The average Bonchev–Trinajstić information content (AvgIpc) is 2.35. The van der Waals surface area contributed by atoms with Gasteiger partial charge in [0, 0.05) is 11.4 Å². The van der Waals surface area contributed by atoms with Gasteiger partial charge in [0.1, 0.15) is 11.9 Å². The number of pyridine rings is 1. The summed E-state index contributed by atoms with van der Waals surface area (Å²) in [7, 11) is 0. The molecule has 0 bridgehead atoms. The first kappa shape index (κ1) is 14.6. The first-order chi connectivity index (χ1) is 9.42. The molecular formula is C14H10Cl2FN3. The van der Waals surface area contributed by atoms with Crippen LogP contribution in [0.25, 0.3) is 0 Å². The van der Waals surface area contributed by atoms with Crippen LogP contribution in [0.5, 0.6) is 0 Å². The van der Waals surface area contributed by atoms with Gasteiger partial charge in [0.25, 0.3) is 0 Å². The highest BCUT2D eigenvalue weighted by molar-refractivity contribution is 6.35. The highest BCUT2D eigenvalue weighted by Crippen LogP contribution is 2.30. The van der Waals surface area contributed by atoms with Gasteiger partial charge in [0.05, 0.1) is 15.6 Å². The minimum absolute atomic E-state index is 0.0946. The largest absolute Gasteiger partial charge is 0.339 e. The molecule has 0 radical (unpaired) electrons. The van der Waals surface area contributed by atoms with Gasteiger partial charge < -0.3 is 5.32 Å². The Kier molecular flexibility index (Phi) is 4.12. The predicted octanol–water partition coefficient (Wildman–Crippen LogP) is 4.76. The molecule has 0 fully saturated rings. The normalized spacial score (nSPS) is 10.2. The van der Waals surface area contributed by atoms with Crippen molar-refractivity contribution in [3.05, 3.63) is 50.9 Å². The summed E-state index contributed by atoms with van der Waals surface area (Å²) in [4.78, 5) is 4.27. The Labute approximate surface area is 126 Å². The smallest absolute Gasteiger partial charge is 0.160 e. The molecule has 0 unspecified atom stereocenters. The first-order valence-corrected chi connectivity index (χ1v) is 6.48. The van der Waals surface area contributed by atoms with Crippen LogP contribution in [0.1, 0.15) is 16.8 Å². The number of hydrogen-bond acceptors (Lipinski definition) is 3. The van der Waals surface area contributed by atoms with Crippen LogP contribution < -0.4 is 5.32 Å². The van der Waals surface area contributed by atoms with Crippen molar-refractivity contribution in [2.75, 3.05) is 5.32 Å². The fourth-order valence-corrected chi connectivity index (χ4v) is 2.32. The Hall–Kier alpha value is -1.83. The number of hydrogen-bond donors (Lipinski definition) is 1. The molecule has 1 heterocycles. The van der Waals surface area contributed by atoms with E-state index in [1.807, 2.05) is 19.9 Å². The van der Waals surface area contributed by atoms with E-state index in [4.69, 9.17) is 23.2 Å². The van der Waals surface area contributed by atoms with E-state index in [0.29, 0.717) is 17.1 Å². The highest BCUT2D eigenvalue weighted by atomic mass is 35.5. The van der Waals surface area contributed by atoms with Crippen LogP contribution in [0, 0.1) is 31.0 Å². The summed E-state index contributed by atoms with van der Waals surface area (Å²) in [6.45, 7) is 3.65. The quantitative estimate of drug-likeness (QED) is 0.814. The van der Waals surface area contributed by atoms with Crippen LogP contribution in [0.3, 0.4) is 0 Å². The number of rotatable bonds is 2. The van der Waals surface area contributed by atoms with Gasteiger partial charge in [0.2, 0.25) is 0 Å². The molecule has 1 aromatic heterocycles. The maximum absolute atomic E-state index is 13.4. The van der Waals surface area contributed by atoms with Crippen molar-refractivity contribution >= 4 is 34.7 Å². The van der Waals surface area contributed by atoms with Gasteiger partial charge in [-0.2, -0.15) is 5.26 Å². The lowest BCUT2D eigenvalue weighted by Gasteiger charge is -2.11. The summed E-state index contributed by atoms with van der Waals surface area (Å²) in [6.07, 6.45) is 0. The summed E-state index contributed by atoms with van der Waals surface area (Å²) < 4.78 is 13.4. The molecule has 102 valence electrons. The van der Waals surface area contributed by atoms with E-state index >= 15 is 0 Å². The van der Waals surface area contributed by atoms with Crippen molar-refractivity contribution in [2.24, 2.45) is 0 Å². The molecule has 3 nitrogen and oxygen atoms in total. The zero-order valence-corrected chi connectivity index (χ0v) is 12.3. The number of nitrogens with zero attached hydrogens (tertiary/aromatic N) is 2. The molecule has 0 spiro atoms. The molecule has 0 saturated carbocycles. The monoisotopic (exact) mass is 309 g/mol. The van der Waals surface area contributed by atoms with E-state index in [1.54, 1.807) is 0 Å². The second-order valence-corrected chi connectivity index (χ2v) is 5.11. The highest BCUT2D eigenvalue weighted by Gasteiger charge is 2.12. The van der Waals surface area contributed by atoms with Gasteiger partial charge in [0.15, 0.2) is 5.82 Å². The molecule has 1 N–H and O–H groups in total. The van der Waals surface area contributed by atoms with Crippen molar-refractivity contribution in [2.45, 2.75) is 13.8 Å². The number of aryl methyl sites for hydroxylation is 2. The summed E-state index contributed by atoms with van der Waals surface area (Å²) in [6, 6.07) is 6.68. The summed E-state index contributed by atoms with van der Waals surface area (Å²) in [5.74, 6) is -0.281. The van der Waals surface area contributed by atoms with Gasteiger partial charge >= 0.3 is 0 Å². The van der Waals surface area contributed by atoms with Crippen LogP contribution in [0.4, 0.5) is 15.9 Å². The molecule has 0 amide bonds. The fraction of sp³-hybridized carbons (Fsp3) is 0.143. The van der Waals surface area contributed by atoms with Crippen LogP contribution in [-0.4, -0.2) is 4.98 Å². The Morgan fingerprint density at radius 3 is 2.35 bits per heavy atom. The van der Waals surface area contributed by atoms with Crippen LogP contribution in [0.15, 0.2) is 18.2 Å². The van der Waals surface area contributed by atoms with Crippen molar-refractivity contribution in [1.29, 1.82) is 5.26 Å². The minimum Gasteiger partial charge on any atom is -0.339 e. The van der Waals surface area contributed by atoms with Gasteiger partial charge in [-0.3, -0.25) is 0 Å². The van der Waals surface area contributed by atoms with Crippen molar-refractivity contribution in [1.82, 2.24) is 4.98 Å². The standard InChI is InChI=1S/C14H10Cl2FN3/c1-7-3-8(2)19-14(10(7)6-18)20-9-4-11(15)13(17)12(16)5-9/h3-5H,1-2H3,(H,19,20). The first-order valence-electron chi connectivity index (χ1n) is 5.72. The fourth-order valence-electron chi connectivity index (χ4n) is 1.83. The minimum atomic E-state index is -0.673. The third-order valence-corrected chi connectivity index (χ3v) is 3.25. The molecule has 20 heavy (non-hydrogen) atoms. The lowest BCUT2D eigenvalue weighted by Crippen LogP contribution is -2.01. The number of nitrogens with one attached hydrogen (secondary N) is 1. The number of nitriles is 1. The van der Waals surface area contributed by atoms with Gasteiger partial charge in [-0.1, -0.05) is 23.2 Å². The number of halogens is 3. The molecule has 2 rings (SSSR count). The molecule has 6 heteroatoms. The van der Waals surface area contributed by atoms with Crippen molar-refractivity contribution in [3.63, 3.8) is 0 Å². The lowest BCUT2D eigenvalue weighted by molar-refractivity contribution is 0.629. The lowest BCUT2D eigenvalue weighted by atomic mass is 10.1. The molecule has 2 aromatic rings. The zero-order chi connectivity index (χ0) is 14.9. The summed E-state index contributed by atoms with van der Waals surface area (Å²) in [5, 5.41) is 11.9. The Balaban J connectivity index is 2.48. The Morgan fingerprint density at radius 2 is 1.80 bits per heavy atom. The third kappa shape index (κ3) is 2.84. The van der Waals surface area contributed by atoms with Gasteiger partial charge in [-0.05, 0) is 37.6 Å². The number of anilines is 2. The van der Waals surface area contributed by atoms with Crippen LogP contribution >= 0.6 is 23.2 Å². The van der Waals surface area contributed by atoms with Gasteiger partial charge in [-0.15, -0.1) is 0 Å². The molecular weight excluding hydrogens is 300 g/mol. The maximum Gasteiger partial charge on any atom is 0.160 e. The molecule has 0 aliphatic carbocycles. The van der Waals surface area contributed by atoms with Gasteiger partial charge in [-0.25, -0.2) is 9.37 Å². The molecule has 0 saturated heterocycles. The van der Waals surface area contributed by atoms with E-state index in [1.165, 1.54) is 12.1 Å².